The van der Waals surface area contributed by atoms with Crippen LogP contribution >= 0.6 is 11.8 Å². The van der Waals surface area contributed by atoms with Gasteiger partial charge in [0, 0.05) is 24.4 Å². The summed E-state index contributed by atoms with van der Waals surface area (Å²) in [5.41, 5.74) is 1.59. The van der Waals surface area contributed by atoms with Gasteiger partial charge in [0.1, 0.15) is 5.82 Å². The lowest BCUT2D eigenvalue weighted by Crippen LogP contribution is -2.25. The highest BCUT2D eigenvalue weighted by atomic mass is 32.2. The first-order valence-electron chi connectivity index (χ1n) is 11.3. The summed E-state index contributed by atoms with van der Waals surface area (Å²) in [5.74, 6) is 1.85. The first kappa shape index (κ1) is 25.4. The van der Waals surface area contributed by atoms with Gasteiger partial charge in [0.2, 0.25) is 5.91 Å². The second-order valence-electron chi connectivity index (χ2n) is 7.79. The van der Waals surface area contributed by atoms with E-state index in [1.807, 2.05) is 12.1 Å². The molecule has 0 bridgehead atoms. The first-order valence-corrected chi connectivity index (χ1v) is 12.1. The van der Waals surface area contributed by atoms with Gasteiger partial charge in [-0.15, -0.1) is 0 Å². The third-order valence-corrected chi connectivity index (χ3v) is 5.68. The maximum atomic E-state index is 12.3. The second kappa shape index (κ2) is 12.3. The second-order valence-corrected chi connectivity index (χ2v) is 9.34. The van der Waals surface area contributed by atoms with E-state index < -0.39 is 0 Å². The molecule has 0 spiro atoms. The molecule has 2 aromatic heterocycles. The molecule has 3 aromatic rings. The molecule has 34 heavy (non-hydrogen) atoms. The number of ether oxygens (including phenoxy) is 2. The molecular formula is C24H32N6O3S. The zero-order chi connectivity index (χ0) is 24.5. The van der Waals surface area contributed by atoms with E-state index in [-0.39, 0.29) is 5.91 Å². The monoisotopic (exact) mass is 484 g/mol. The summed E-state index contributed by atoms with van der Waals surface area (Å²) in [6.45, 7) is 8.07. The summed E-state index contributed by atoms with van der Waals surface area (Å²) in [7, 11) is 3.16. The lowest BCUT2D eigenvalue weighted by molar-refractivity contribution is -0.116. The summed E-state index contributed by atoms with van der Waals surface area (Å²) >= 11 is 1.61. The van der Waals surface area contributed by atoms with E-state index in [9.17, 15) is 4.79 Å². The number of anilines is 1. The van der Waals surface area contributed by atoms with Crippen LogP contribution in [0.15, 0.2) is 35.6 Å². The normalized spacial score (nSPS) is 11.4. The molecule has 9 nitrogen and oxygen atoms in total. The van der Waals surface area contributed by atoms with Crippen LogP contribution in [0.5, 0.6) is 11.5 Å². The predicted octanol–water partition coefficient (Wildman–Crippen LogP) is 4.00. The van der Waals surface area contributed by atoms with Crippen molar-refractivity contribution in [3.8, 4) is 11.5 Å². The molecule has 0 saturated carbocycles. The lowest BCUT2D eigenvalue weighted by Gasteiger charge is -2.10. The Morgan fingerprint density at radius 3 is 2.68 bits per heavy atom. The number of nitrogens with one attached hydrogen (secondary N) is 2. The van der Waals surface area contributed by atoms with Crippen LogP contribution in [0.1, 0.15) is 32.8 Å². The fourth-order valence-corrected chi connectivity index (χ4v) is 3.92. The summed E-state index contributed by atoms with van der Waals surface area (Å²) < 4.78 is 12.3. The maximum absolute atomic E-state index is 12.3. The standard InChI is InChI=1S/C24H32N6O3S/c1-6-11-26-22-18-15-27-30(23(18)29-24(28-22)34-16(2)3)13-12-25-21(31)10-8-17-7-9-19(32-4)20(14-17)33-5/h7-10,14-16H,6,11-13H2,1-5H3,(H,25,31)(H,26,28,29)/b10-8-. The number of amides is 1. The average Bonchev–Trinajstić information content (AvgIpc) is 3.23. The number of methoxy groups -OCH3 is 2. The number of rotatable bonds is 12. The van der Waals surface area contributed by atoms with Crippen LogP contribution in [0.25, 0.3) is 17.1 Å². The number of hydrogen-bond donors (Lipinski definition) is 2. The summed E-state index contributed by atoms with van der Waals surface area (Å²) in [5, 5.41) is 12.7. The molecule has 0 atom stereocenters. The van der Waals surface area contributed by atoms with E-state index in [0.29, 0.717) is 35.0 Å². The van der Waals surface area contributed by atoms with Gasteiger partial charge in [0.05, 0.1) is 32.3 Å². The minimum absolute atomic E-state index is 0.192. The van der Waals surface area contributed by atoms with E-state index in [1.54, 1.807) is 49.0 Å². The van der Waals surface area contributed by atoms with Crippen LogP contribution in [-0.2, 0) is 11.3 Å². The molecule has 3 rings (SSSR count). The molecule has 0 aliphatic rings. The van der Waals surface area contributed by atoms with Gasteiger partial charge in [-0.3, -0.25) is 4.79 Å². The molecule has 10 heteroatoms. The maximum Gasteiger partial charge on any atom is 0.244 e. The van der Waals surface area contributed by atoms with E-state index in [2.05, 4.69) is 41.5 Å². The molecule has 0 saturated heterocycles. The summed E-state index contributed by atoms with van der Waals surface area (Å²) in [6, 6.07) is 5.48. The Labute approximate surface area is 204 Å². The quantitative estimate of drug-likeness (QED) is 0.226. The topological polar surface area (TPSA) is 103 Å². The molecule has 0 aliphatic heterocycles. The highest BCUT2D eigenvalue weighted by Crippen LogP contribution is 2.28. The van der Waals surface area contributed by atoms with Gasteiger partial charge < -0.3 is 20.1 Å². The number of fused-ring (bicyclic) bond motifs is 1. The van der Waals surface area contributed by atoms with Gasteiger partial charge >= 0.3 is 0 Å². The van der Waals surface area contributed by atoms with Gasteiger partial charge in [-0.1, -0.05) is 38.6 Å². The molecule has 1 amide bonds. The minimum Gasteiger partial charge on any atom is -0.493 e. The van der Waals surface area contributed by atoms with Crippen LogP contribution < -0.4 is 20.1 Å². The van der Waals surface area contributed by atoms with Gasteiger partial charge in [-0.25, -0.2) is 14.6 Å². The third-order valence-electron chi connectivity index (χ3n) is 4.82. The molecule has 0 unspecified atom stereocenters. The Kier molecular flexibility index (Phi) is 9.15. The number of nitrogens with zero attached hydrogens (tertiary/aromatic N) is 4. The Bertz CT molecular complexity index is 1150. The minimum atomic E-state index is -0.192. The van der Waals surface area contributed by atoms with Crippen molar-refractivity contribution >= 4 is 40.6 Å². The number of thioether (sulfide) groups is 1. The van der Waals surface area contributed by atoms with Gasteiger partial charge in [0.15, 0.2) is 22.3 Å². The van der Waals surface area contributed by atoms with Crippen molar-refractivity contribution in [3.05, 3.63) is 36.0 Å². The van der Waals surface area contributed by atoms with Gasteiger partial charge in [-0.05, 0) is 30.2 Å². The van der Waals surface area contributed by atoms with Crippen molar-refractivity contribution in [1.82, 2.24) is 25.1 Å². The van der Waals surface area contributed by atoms with Crippen LogP contribution in [0.4, 0.5) is 5.82 Å². The highest BCUT2D eigenvalue weighted by molar-refractivity contribution is 7.99. The molecule has 0 aliphatic carbocycles. The zero-order valence-corrected chi connectivity index (χ0v) is 21.1. The van der Waals surface area contributed by atoms with E-state index >= 15 is 0 Å². The fourth-order valence-electron chi connectivity index (χ4n) is 3.21. The molecule has 1 aromatic carbocycles. The van der Waals surface area contributed by atoms with Crippen molar-refractivity contribution in [2.45, 2.75) is 44.1 Å². The van der Waals surface area contributed by atoms with Crippen LogP contribution in [0, 0.1) is 0 Å². The summed E-state index contributed by atoms with van der Waals surface area (Å²) in [4.78, 5) is 21.7. The van der Waals surface area contributed by atoms with E-state index in [1.165, 1.54) is 6.08 Å². The Balaban J connectivity index is 1.65. The van der Waals surface area contributed by atoms with Gasteiger partial charge in [-0.2, -0.15) is 5.10 Å². The molecule has 0 radical (unpaired) electrons. The van der Waals surface area contributed by atoms with Crippen LogP contribution in [0.3, 0.4) is 0 Å². The highest BCUT2D eigenvalue weighted by Gasteiger charge is 2.14. The van der Waals surface area contributed by atoms with Crippen molar-refractivity contribution < 1.29 is 14.3 Å². The first-order chi connectivity index (χ1) is 16.4. The predicted molar refractivity (Wildman–Crippen MR) is 137 cm³/mol. The van der Waals surface area contributed by atoms with Gasteiger partial charge in [0.25, 0.3) is 0 Å². The van der Waals surface area contributed by atoms with Crippen molar-refractivity contribution in [2.75, 3.05) is 32.6 Å². The molecular weight excluding hydrogens is 452 g/mol. The molecule has 0 fully saturated rings. The molecule has 2 heterocycles. The number of benzene rings is 1. The molecule has 182 valence electrons. The number of aromatic nitrogens is 4. The van der Waals surface area contributed by atoms with E-state index in [0.717, 1.165) is 35.4 Å². The smallest absolute Gasteiger partial charge is 0.244 e. The third kappa shape index (κ3) is 6.63. The van der Waals surface area contributed by atoms with Crippen LogP contribution in [-0.4, -0.2) is 58.2 Å². The van der Waals surface area contributed by atoms with Crippen molar-refractivity contribution in [3.63, 3.8) is 0 Å². The number of hydrogen-bond acceptors (Lipinski definition) is 8. The Hall–Kier alpha value is -3.27. The number of carbonyl (C=O) groups is 1. The Morgan fingerprint density at radius 2 is 1.97 bits per heavy atom. The SMILES string of the molecule is CCCNc1nc(SC(C)C)nc2c1cnn2CCNC(=O)/C=C\c1ccc(OC)c(OC)c1. The molecule has 2 N–H and O–H groups in total. The lowest BCUT2D eigenvalue weighted by atomic mass is 10.2. The average molecular weight is 485 g/mol. The Morgan fingerprint density at radius 1 is 1.18 bits per heavy atom. The van der Waals surface area contributed by atoms with E-state index in [4.69, 9.17) is 14.5 Å². The zero-order valence-electron chi connectivity index (χ0n) is 20.3. The number of carbonyl (C=O) groups excluding carboxylic acids is 1. The van der Waals surface area contributed by atoms with Crippen molar-refractivity contribution in [1.29, 1.82) is 0 Å². The van der Waals surface area contributed by atoms with Crippen molar-refractivity contribution in [2.24, 2.45) is 0 Å². The fraction of sp³-hybridized carbons (Fsp3) is 0.417. The van der Waals surface area contributed by atoms with Crippen LogP contribution in [0.2, 0.25) is 0 Å². The largest absolute Gasteiger partial charge is 0.493 e. The summed E-state index contributed by atoms with van der Waals surface area (Å²) in [6.07, 6.45) is 5.99.